The molecule has 0 saturated heterocycles. The van der Waals surface area contributed by atoms with Gasteiger partial charge in [-0.25, -0.2) is 0 Å². The summed E-state index contributed by atoms with van der Waals surface area (Å²) in [5.74, 6) is 0. The predicted octanol–water partition coefficient (Wildman–Crippen LogP) is 1.44. The maximum absolute atomic E-state index is 9.13. The van der Waals surface area contributed by atoms with Crippen molar-refractivity contribution in [3.8, 4) is 0 Å². The Bertz CT molecular complexity index is 153. The lowest BCUT2D eigenvalue weighted by molar-refractivity contribution is -0.0708. The van der Waals surface area contributed by atoms with E-state index in [0.29, 0.717) is 19.6 Å². The van der Waals surface area contributed by atoms with Crippen LogP contribution in [-0.2, 0) is 4.74 Å². The largest absolute Gasteiger partial charge is 0.393 e. The zero-order valence-corrected chi connectivity index (χ0v) is 9.17. The van der Waals surface area contributed by atoms with Gasteiger partial charge < -0.3 is 15.6 Å². The normalized spacial score (nSPS) is 23.4. The zero-order valence-electron chi connectivity index (χ0n) is 9.17. The molecular weight excluding hydrogens is 178 g/mol. The lowest BCUT2D eigenvalue weighted by Gasteiger charge is -2.36. The maximum atomic E-state index is 9.13. The minimum atomic E-state index is -0.270. The Kier molecular flexibility index (Phi) is 4.85. The molecular formula is C11H23NO2. The summed E-state index contributed by atoms with van der Waals surface area (Å²) in [6.07, 6.45) is 6.38. The van der Waals surface area contributed by atoms with Crippen LogP contribution in [0.3, 0.4) is 0 Å². The molecule has 1 aliphatic rings. The minimum absolute atomic E-state index is 0.0762. The van der Waals surface area contributed by atoms with Crippen molar-refractivity contribution in [1.29, 1.82) is 0 Å². The maximum Gasteiger partial charge on any atom is 0.0804 e. The average Bonchev–Trinajstić information content (AvgIpc) is 2.19. The third-order valence-electron chi connectivity index (χ3n) is 3.08. The highest BCUT2D eigenvalue weighted by Crippen LogP contribution is 2.30. The lowest BCUT2D eigenvalue weighted by Crippen LogP contribution is -2.43. The molecule has 0 bridgehead atoms. The number of nitrogens with two attached hydrogens (primary N) is 1. The Labute approximate surface area is 86.6 Å². The minimum Gasteiger partial charge on any atom is -0.393 e. The van der Waals surface area contributed by atoms with Crippen molar-refractivity contribution in [2.24, 2.45) is 5.73 Å². The lowest BCUT2D eigenvalue weighted by atomic mass is 9.84. The van der Waals surface area contributed by atoms with Crippen molar-refractivity contribution < 1.29 is 9.84 Å². The van der Waals surface area contributed by atoms with E-state index in [0.717, 1.165) is 12.8 Å². The van der Waals surface area contributed by atoms with Gasteiger partial charge in [-0.15, -0.1) is 0 Å². The molecule has 84 valence electrons. The summed E-state index contributed by atoms with van der Waals surface area (Å²) in [5, 5.41) is 9.13. The number of aliphatic hydroxyl groups is 1. The van der Waals surface area contributed by atoms with Crippen molar-refractivity contribution in [2.45, 2.75) is 57.2 Å². The second-order valence-electron chi connectivity index (χ2n) is 4.43. The molecule has 3 heteroatoms. The summed E-state index contributed by atoms with van der Waals surface area (Å²) in [7, 11) is 0. The molecule has 14 heavy (non-hydrogen) atoms. The molecule has 0 aromatic rings. The first-order valence-electron chi connectivity index (χ1n) is 5.71. The van der Waals surface area contributed by atoms with E-state index in [1.54, 1.807) is 6.92 Å². The van der Waals surface area contributed by atoms with Gasteiger partial charge >= 0.3 is 0 Å². The molecule has 0 aliphatic heterocycles. The number of aliphatic hydroxyl groups excluding tert-OH is 1. The summed E-state index contributed by atoms with van der Waals surface area (Å²) in [4.78, 5) is 0. The molecule has 0 radical (unpaired) electrons. The van der Waals surface area contributed by atoms with Crippen LogP contribution < -0.4 is 5.73 Å². The quantitative estimate of drug-likeness (QED) is 0.707. The van der Waals surface area contributed by atoms with Gasteiger partial charge in [0.15, 0.2) is 0 Å². The summed E-state index contributed by atoms with van der Waals surface area (Å²) in [6.45, 7) is 3.04. The van der Waals surface area contributed by atoms with Crippen LogP contribution in [0.1, 0.15) is 45.4 Å². The molecule has 0 aromatic heterocycles. The van der Waals surface area contributed by atoms with Gasteiger partial charge in [0.2, 0.25) is 0 Å². The predicted molar refractivity (Wildman–Crippen MR) is 57.1 cm³/mol. The van der Waals surface area contributed by atoms with E-state index in [1.165, 1.54) is 19.3 Å². The fourth-order valence-corrected chi connectivity index (χ4v) is 2.05. The van der Waals surface area contributed by atoms with Gasteiger partial charge in [0.05, 0.1) is 11.7 Å². The molecule has 1 saturated carbocycles. The van der Waals surface area contributed by atoms with Gasteiger partial charge in [-0.1, -0.05) is 19.3 Å². The molecule has 0 heterocycles. The second-order valence-corrected chi connectivity index (χ2v) is 4.43. The molecule has 1 atom stereocenters. The first kappa shape index (κ1) is 12.0. The number of rotatable bonds is 5. The summed E-state index contributed by atoms with van der Waals surface area (Å²) in [6, 6.07) is 0. The van der Waals surface area contributed by atoms with Crippen molar-refractivity contribution in [3.63, 3.8) is 0 Å². The van der Waals surface area contributed by atoms with E-state index < -0.39 is 0 Å². The summed E-state index contributed by atoms with van der Waals surface area (Å²) < 4.78 is 5.85. The van der Waals surface area contributed by atoms with Crippen molar-refractivity contribution in [1.82, 2.24) is 0 Å². The third-order valence-corrected chi connectivity index (χ3v) is 3.08. The number of ether oxygens (including phenoxy) is 1. The molecule has 0 amide bonds. The highest BCUT2D eigenvalue weighted by atomic mass is 16.5. The van der Waals surface area contributed by atoms with E-state index in [4.69, 9.17) is 15.6 Å². The Morgan fingerprint density at radius 1 is 1.36 bits per heavy atom. The van der Waals surface area contributed by atoms with E-state index in [1.807, 2.05) is 0 Å². The molecule has 0 aromatic carbocycles. The first-order chi connectivity index (χ1) is 6.68. The Morgan fingerprint density at radius 2 is 2.00 bits per heavy atom. The molecule has 3 N–H and O–H groups in total. The number of hydrogen-bond acceptors (Lipinski definition) is 3. The van der Waals surface area contributed by atoms with Crippen molar-refractivity contribution in [3.05, 3.63) is 0 Å². The van der Waals surface area contributed by atoms with Crippen molar-refractivity contribution >= 4 is 0 Å². The van der Waals surface area contributed by atoms with Crippen LogP contribution in [-0.4, -0.2) is 30.0 Å². The van der Waals surface area contributed by atoms with Gasteiger partial charge in [-0.2, -0.15) is 0 Å². The van der Waals surface area contributed by atoms with Crippen LogP contribution >= 0.6 is 0 Å². The molecule has 1 fully saturated rings. The van der Waals surface area contributed by atoms with Gasteiger partial charge in [0, 0.05) is 13.2 Å². The topological polar surface area (TPSA) is 55.5 Å². The SMILES string of the molecule is CC(O)CCOC1(CN)CCCCC1. The van der Waals surface area contributed by atoms with E-state index in [-0.39, 0.29) is 11.7 Å². The number of hydrogen-bond donors (Lipinski definition) is 2. The Balaban J connectivity index is 2.29. The van der Waals surface area contributed by atoms with E-state index in [9.17, 15) is 0 Å². The van der Waals surface area contributed by atoms with Crippen LogP contribution in [0.5, 0.6) is 0 Å². The van der Waals surface area contributed by atoms with Crippen LogP contribution in [0.2, 0.25) is 0 Å². The standard InChI is InChI=1S/C11H23NO2/c1-10(13)5-8-14-11(9-12)6-3-2-4-7-11/h10,13H,2-9,12H2,1H3. The molecule has 1 rings (SSSR count). The Hall–Kier alpha value is -0.120. The van der Waals surface area contributed by atoms with Crippen molar-refractivity contribution in [2.75, 3.05) is 13.2 Å². The highest BCUT2D eigenvalue weighted by Gasteiger charge is 2.31. The average molecular weight is 201 g/mol. The van der Waals surface area contributed by atoms with E-state index >= 15 is 0 Å². The van der Waals surface area contributed by atoms with Crippen LogP contribution in [0.4, 0.5) is 0 Å². The molecule has 1 aliphatic carbocycles. The fourth-order valence-electron chi connectivity index (χ4n) is 2.05. The van der Waals surface area contributed by atoms with E-state index in [2.05, 4.69) is 0 Å². The molecule has 1 unspecified atom stereocenters. The van der Waals surface area contributed by atoms with Crippen LogP contribution in [0.25, 0.3) is 0 Å². The van der Waals surface area contributed by atoms with Gasteiger partial charge in [-0.05, 0) is 26.2 Å². The second kappa shape index (κ2) is 5.69. The smallest absolute Gasteiger partial charge is 0.0804 e. The summed E-state index contributed by atoms with van der Waals surface area (Å²) in [5.41, 5.74) is 5.69. The van der Waals surface area contributed by atoms with Gasteiger partial charge in [-0.3, -0.25) is 0 Å². The molecule has 0 spiro atoms. The zero-order chi connectivity index (χ0) is 10.4. The van der Waals surface area contributed by atoms with Crippen LogP contribution in [0, 0.1) is 0 Å². The molecule has 3 nitrogen and oxygen atoms in total. The fraction of sp³-hybridized carbons (Fsp3) is 1.00. The van der Waals surface area contributed by atoms with Gasteiger partial charge in [0.25, 0.3) is 0 Å². The monoisotopic (exact) mass is 201 g/mol. The first-order valence-corrected chi connectivity index (χ1v) is 5.71. The highest BCUT2D eigenvalue weighted by molar-refractivity contribution is 4.85. The summed E-state index contributed by atoms with van der Waals surface area (Å²) >= 11 is 0. The van der Waals surface area contributed by atoms with Gasteiger partial charge in [0.1, 0.15) is 0 Å². The van der Waals surface area contributed by atoms with Crippen LogP contribution in [0.15, 0.2) is 0 Å². The Morgan fingerprint density at radius 3 is 2.50 bits per heavy atom. The third kappa shape index (κ3) is 3.56.